The van der Waals surface area contributed by atoms with Gasteiger partial charge in [-0.2, -0.15) is 0 Å². The molecule has 1 N–H and O–H groups in total. The van der Waals surface area contributed by atoms with E-state index in [1.54, 1.807) is 31.2 Å². The fourth-order valence-corrected chi connectivity index (χ4v) is 14.4. The number of allylic oxidation sites excluding steroid dienone is 2. The first-order valence-corrected chi connectivity index (χ1v) is 22.0. The van der Waals surface area contributed by atoms with Crippen LogP contribution in [0.1, 0.15) is 113 Å². The third-order valence-corrected chi connectivity index (χ3v) is 17.6. The lowest BCUT2D eigenvalue weighted by Crippen LogP contribution is -2.66. The van der Waals surface area contributed by atoms with Crippen molar-refractivity contribution >= 4 is 19.5 Å². The number of rotatable bonds is 8. The first-order valence-electron chi connectivity index (χ1n) is 20.2. The number of nitrogens with one attached hydrogen (secondary N) is 1. The van der Waals surface area contributed by atoms with Gasteiger partial charge in [0.25, 0.3) is 0 Å². The maximum Gasteiger partial charge on any atom is 0.449 e. The minimum atomic E-state index is -3.84. The van der Waals surface area contributed by atoms with Crippen molar-refractivity contribution in [2.45, 2.75) is 119 Å². The highest BCUT2D eigenvalue weighted by Crippen LogP contribution is 2.76. The van der Waals surface area contributed by atoms with E-state index in [0.717, 1.165) is 57.8 Å². The molecule has 5 aliphatic rings. The molecule has 288 valence electrons. The maximum atomic E-state index is 14.9. The van der Waals surface area contributed by atoms with E-state index in [1.165, 1.54) is 5.57 Å². The van der Waals surface area contributed by atoms with Gasteiger partial charge >= 0.3 is 13.6 Å². The van der Waals surface area contributed by atoms with Crippen LogP contribution in [0.2, 0.25) is 0 Å². The van der Waals surface area contributed by atoms with Crippen LogP contribution in [0.4, 0.5) is 0 Å². The molecule has 2 aromatic carbocycles. The summed E-state index contributed by atoms with van der Waals surface area (Å²) in [5.41, 5.74) is 0.993. The molecule has 0 aliphatic heterocycles. The molecule has 5 aliphatic carbocycles. The molecule has 0 heterocycles. The zero-order chi connectivity index (χ0) is 38.0. The van der Waals surface area contributed by atoms with Gasteiger partial charge in [0.05, 0.1) is 5.41 Å². The largest absolute Gasteiger partial charge is 0.462 e. The molecule has 7 rings (SSSR count). The Labute approximate surface area is 317 Å². The number of fused-ring (bicyclic) bond motifs is 7. The van der Waals surface area contributed by atoms with E-state index < -0.39 is 13.0 Å². The second kappa shape index (κ2) is 13.6. The predicted molar refractivity (Wildman–Crippen MR) is 209 cm³/mol. The summed E-state index contributed by atoms with van der Waals surface area (Å²) in [6.07, 6.45) is 11.2. The van der Waals surface area contributed by atoms with Gasteiger partial charge in [-0.05, 0) is 128 Å². The lowest BCUT2D eigenvalue weighted by molar-refractivity contribution is -0.212. The van der Waals surface area contributed by atoms with Crippen molar-refractivity contribution in [2.75, 3.05) is 6.29 Å². The molecule has 4 fully saturated rings. The number of ether oxygens (including phenoxy) is 1. The summed E-state index contributed by atoms with van der Waals surface area (Å²) in [6.45, 7) is 18.6. The highest BCUT2D eigenvalue weighted by atomic mass is 31.2. The standard InChI is InChI=1S/C45H62NO6P/c1-30-21-26-45(40(48)46-29-53(49,51-33-15-11-9-12-16-33)52-34-17-13-10-14-18-34)28-27-43(7)35(39(45)31(30)2)19-20-37-42(6)24-23-38(50-32(3)47)41(4,5)36(42)22-25-44(37,43)8/h9-19,30-31,36-39H,20-29H2,1-8H3,(H,46,48)/t30-,31+,36+,37-,38+,39+,42+,43-,44-,45+/m1/s1. The SMILES string of the molecule is CC(=O)O[C@H]1CC[C@]2(C)[C@H]3CC=C4[C@@H]5[C@@H](C)[C@H](C)CC[C@]5(C(=O)NCP(=O)(Oc5ccccc5)Oc5ccccc5)CC[C@@]4(C)[C@]3(C)CC[C@H]2C1(C)C. The Morgan fingerprint density at radius 2 is 1.42 bits per heavy atom. The number of amides is 1. The van der Waals surface area contributed by atoms with Gasteiger partial charge in [-0.25, -0.2) is 4.57 Å². The minimum Gasteiger partial charge on any atom is -0.462 e. The summed E-state index contributed by atoms with van der Waals surface area (Å²) in [7, 11) is -3.84. The Morgan fingerprint density at radius 1 is 0.792 bits per heavy atom. The Kier molecular flexibility index (Phi) is 9.81. The van der Waals surface area contributed by atoms with Gasteiger partial charge < -0.3 is 19.1 Å². The normalized spacial score (nSPS) is 38.8. The van der Waals surface area contributed by atoms with Crippen LogP contribution in [0.3, 0.4) is 0 Å². The smallest absolute Gasteiger partial charge is 0.449 e. The Morgan fingerprint density at radius 3 is 2.02 bits per heavy atom. The van der Waals surface area contributed by atoms with Crippen LogP contribution in [0.5, 0.6) is 11.5 Å². The molecule has 7 nitrogen and oxygen atoms in total. The zero-order valence-electron chi connectivity index (χ0n) is 33.3. The number of esters is 1. The van der Waals surface area contributed by atoms with Crippen molar-refractivity contribution < 1.29 is 27.9 Å². The molecule has 10 atom stereocenters. The van der Waals surface area contributed by atoms with Crippen LogP contribution in [-0.4, -0.2) is 24.3 Å². The molecule has 0 spiro atoms. The predicted octanol–water partition coefficient (Wildman–Crippen LogP) is 11.0. The van der Waals surface area contributed by atoms with E-state index >= 15 is 0 Å². The number of hydrogen-bond acceptors (Lipinski definition) is 6. The highest BCUT2D eigenvalue weighted by molar-refractivity contribution is 7.54. The van der Waals surface area contributed by atoms with Gasteiger partial charge in [0.2, 0.25) is 5.91 Å². The summed E-state index contributed by atoms with van der Waals surface area (Å²) < 4.78 is 32.6. The molecule has 0 aromatic heterocycles. The fourth-order valence-electron chi connectivity index (χ4n) is 13.0. The fraction of sp³-hybridized carbons (Fsp3) is 0.644. The van der Waals surface area contributed by atoms with E-state index in [4.69, 9.17) is 13.8 Å². The van der Waals surface area contributed by atoms with E-state index in [-0.39, 0.29) is 51.8 Å². The molecule has 0 radical (unpaired) electrons. The molecule has 2 aromatic rings. The zero-order valence-corrected chi connectivity index (χ0v) is 34.2. The molecule has 0 unspecified atom stereocenters. The first kappa shape index (κ1) is 38.2. The van der Waals surface area contributed by atoms with Crippen molar-refractivity contribution in [1.82, 2.24) is 5.32 Å². The topological polar surface area (TPSA) is 90.9 Å². The van der Waals surface area contributed by atoms with Gasteiger partial charge in [-0.1, -0.05) is 96.5 Å². The Bertz CT molecular complexity index is 1730. The van der Waals surface area contributed by atoms with Crippen LogP contribution in [0.25, 0.3) is 0 Å². The average molecular weight is 744 g/mol. The quantitative estimate of drug-likeness (QED) is 0.164. The number of carbonyl (C=O) groups is 2. The number of para-hydroxylation sites is 2. The molecule has 4 saturated carbocycles. The van der Waals surface area contributed by atoms with Gasteiger partial charge in [-0.15, -0.1) is 0 Å². The van der Waals surface area contributed by atoms with Crippen molar-refractivity contribution in [3.05, 3.63) is 72.3 Å². The molecule has 0 bridgehead atoms. The van der Waals surface area contributed by atoms with Gasteiger partial charge in [0, 0.05) is 12.3 Å². The van der Waals surface area contributed by atoms with Crippen molar-refractivity contribution in [1.29, 1.82) is 0 Å². The van der Waals surface area contributed by atoms with Crippen molar-refractivity contribution in [2.24, 2.45) is 56.7 Å². The highest BCUT2D eigenvalue weighted by Gasteiger charge is 2.69. The Hall–Kier alpha value is -3.05. The van der Waals surface area contributed by atoms with Crippen molar-refractivity contribution in [3.63, 3.8) is 0 Å². The molecular weight excluding hydrogens is 681 g/mol. The molecular formula is C45H62NO6P. The summed E-state index contributed by atoms with van der Waals surface area (Å²) in [5.74, 6) is 2.59. The number of hydrogen-bond donors (Lipinski definition) is 1. The van der Waals surface area contributed by atoms with E-state index in [9.17, 15) is 14.2 Å². The second-order valence-corrected chi connectivity index (χ2v) is 20.7. The average Bonchev–Trinajstić information content (AvgIpc) is 3.11. The van der Waals surface area contributed by atoms with Crippen molar-refractivity contribution in [3.8, 4) is 11.5 Å². The Balaban J connectivity index is 1.19. The summed E-state index contributed by atoms with van der Waals surface area (Å²) in [6, 6.07) is 18.1. The van der Waals surface area contributed by atoms with E-state index in [2.05, 4.69) is 59.9 Å². The summed E-state index contributed by atoms with van der Waals surface area (Å²) in [5, 5.41) is 3.19. The van der Waals surface area contributed by atoms with Gasteiger partial charge in [0.15, 0.2) is 0 Å². The van der Waals surface area contributed by atoms with Crippen LogP contribution in [0, 0.1) is 56.7 Å². The third-order valence-electron chi connectivity index (χ3n) is 16.1. The monoisotopic (exact) mass is 743 g/mol. The molecule has 1 amide bonds. The molecule has 8 heteroatoms. The lowest BCUT2D eigenvalue weighted by Gasteiger charge is -2.71. The third kappa shape index (κ3) is 6.20. The molecule has 0 saturated heterocycles. The van der Waals surface area contributed by atoms with Gasteiger partial charge in [-0.3, -0.25) is 9.59 Å². The van der Waals surface area contributed by atoms with Crippen LogP contribution >= 0.6 is 7.60 Å². The minimum absolute atomic E-state index is 0.0220. The lowest BCUT2D eigenvalue weighted by atomic mass is 9.33. The van der Waals surface area contributed by atoms with Crippen LogP contribution in [0.15, 0.2) is 72.3 Å². The van der Waals surface area contributed by atoms with Crippen LogP contribution < -0.4 is 14.4 Å². The van der Waals surface area contributed by atoms with Crippen LogP contribution in [-0.2, 0) is 18.9 Å². The second-order valence-electron chi connectivity index (χ2n) is 18.8. The summed E-state index contributed by atoms with van der Waals surface area (Å²) >= 11 is 0. The number of benzene rings is 2. The summed E-state index contributed by atoms with van der Waals surface area (Å²) in [4.78, 5) is 27.0. The maximum absolute atomic E-state index is 14.9. The number of carbonyl (C=O) groups excluding carboxylic acids is 2. The van der Waals surface area contributed by atoms with E-state index in [0.29, 0.717) is 35.2 Å². The van der Waals surface area contributed by atoms with E-state index in [1.807, 2.05) is 36.4 Å². The van der Waals surface area contributed by atoms with Gasteiger partial charge in [0.1, 0.15) is 23.9 Å². The first-order chi connectivity index (χ1) is 25.0. The molecule has 53 heavy (non-hydrogen) atoms.